The molecule has 0 atom stereocenters. The fourth-order valence-corrected chi connectivity index (χ4v) is 2.15. The first kappa shape index (κ1) is 10.4. The number of ether oxygens (including phenoxy) is 2. The Hall–Kier alpha value is -1.17. The average molecular weight is 225 g/mol. The summed E-state index contributed by atoms with van der Waals surface area (Å²) in [5.74, 6) is -0.448. The first-order valence-electron chi connectivity index (χ1n) is 4.55. The number of nitrogens with two attached hydrogens (primary N) is 1. The minimum atomic E-state index is -0.448. The second kappa shape index (κ2) is 4.57. The van der Waals surface area contributed by atoms with E-state index in [0.717, 1.165) is 10.4 Å². The standard InChI is InChI=1S/C10H11NO3S/c11-9(12)2-1-7-5-8(15-6-7)10-13-3-4-14-10/h1-2,5-6,10H,3-4H2,(H2,11,12). The largest absolute Gasteiger partial charge is 0.366 e. The molecule has 5 heteroatoms. The van der Waals surface area contributed by atoms with Crippen LogP contribution in [-0.2, 0) is 14.3 Å². The van der Waals surface area contributed by atoms with E-state index in [-0.39, 0.29) is 6.29 Å². The van der Waals surface area contributed by atoms with Gasteiger partial charge in [-0.25, -0.2) is 0 Å². The first-order chi connectivity index (χ1) is 7.25. The van der Waals surface area contributed by atoms with E-state index in [1.165, 1.54) is 6.08 Å². The van der Waals surface area contributed by atoms with Crippen molar-refractivity contribution in [2.45, 2.75) is 6.29 Å². The second-order valence-corrected chi connectivity index (χ2v) is 4.03. The Bertz CT molecular complexity index is 380. The molecule has 2 rings (SSSR count). The van der Waals surface area contributed by atoms with Gasteiger partial charge in [-0.05, 0) is 23.1 Å². The summed E-state index contributed by atoms with van der Waals surface area (Å²) in [5, 5.41) is 1.93. The number of carbonyl (C=O) groups excluding carboxylic acids is 1. The third kappa shape index (κ3) is 2.65. The highest BCUT2D eigenvalue weighted by Crippen LogP contribution is 2.29. The summed E-state index contributed by atoms with van der Waals surface area (Å²) in [6.07, 6.45) is 2.77. The number of amides is 1. The molecule has 4 nitrogen and oxygen atoms in total. The Morgan fingerprint density at radius 3 is 2.93 bits per heavy atom. The molecular formula is C10H11NO3S. The summed E-state index contributed by atoms with van der Waals surface area (Å²) in [4.78, 5) is 11.5. The van der Waals surface area contributed by atoms with Gasteiger partial charge >= 0.3 is 0 Å². The number of hydrogen-bond acceptors (Lipinski definition) is 4. The molecule has 0 aliphatic carbocycles. The van der Waals surface area contributed by atoms with Crippen LogP contribution in [0.15, 0.2) is 17.5 Å². The molecule has 1 saturated heterocycles. The zero-order valence-electron chi connectivity index (χ0n) is 8.01. The van der Waals surface area contributed by atoms with E-state index >= 15 is 0 Å². The van der Waals surface area contributed by atoms with Gasteiger partial charge in [-0.1, -0.05) is 0 Å². The Morgan fingerprint density at radius 1 is 1.53 bits per heavy atom. The molecular weight excluding hydrogens is 214 g/mol. The number of hydrogen-bond donors (Lipinski definition) is 1. The molecule has 1 aromatic rings. The van der Waals surface area contributed by atoms with Crippen molar-refractivity contribution in [2.75, 3.05) is 13.2 Å². The molecule has 1 aromatic heterocycles. The summed E-state index contributed by atoms with van der Waals surface area (Å²) in [6, 6.07) is 1.93. The van der Waals surface area contributed by atoms with Crippen LogP contribution in [-0.4, -0.2) is 19.1 Å². The zero-order valence-corrected chi connectivity index (χ0v) is 8.83. The number of primary amides is 1. The molecule has 2 N–H and O–H groups in total. The average Bonchev–Trinajstić information content (AvgIpc) is 2.85. The second-order valence-electron chi connectivity index (χ2n) is 3.09. The van der Waals surface area contributed by atoms with Crippen LogP contribution < -0.4 is 5.73 Å². The van der Waals surface area contributed by atoms with Crippen molar-refractivity contribution in [1.82, 2.24) is 0 Å². The van der Waals surface area contributed by atoms with Gasteiger partial charge in [0.2, 0.25) is 5.91 Å². The lowest BCUT2D eigenvalue weighted by molar-refractivity contribution is -0.113. The molecule has 0 unspecified atom stereocenters. The smallest absolute Gasteiger partial charge is 0.241 e. The third-order valence-corrected chi connectivity index (χ3v) is 2.91. The Balaban J connectivity index is 2.06. The van der Waals surface area contributed by atoms with E-state index in [1.807, 2.05) is 11.4 Å². The molecule has 0 spiro atoms. The lowest BCUT2D eigenvalue weighted by Crippen LogP contribution is -2.04. The Morgan fingerprint density at radius 2 is 2.27 bits per heavy atom. The van der Waals surface area contributed by atoms with Crippen molar-refractivity contribution in [3.8, 4) is 0 Å². The number of carbonyl (C=O) groups is 1. The van der Waals surface area contributed by atoms with Crippen molar-refractivity contribution in [1.29, 1.82) is 0 Å². The van der Waals surface area contributed by atoms with Crippen LogP contribution in [0.5, 0.6) is 0 Å². The lowest BCUT2D eigenvalue weighted by atomic mass is 10.3. The van der Waals surface area contributed by atoms with Crippen LogP contribution >= 0.6 is 11.3 Å². The molecule has 0 aromatic carbocycles. The van der Waals surface area contributed by atoms with Gasteiger partial charge in [0.25, 0.3) is 0 Å². The van der Waals surface area contributed by atoms with Crippen LogP contribution in [0.25, 0.3) is 6.08 Å². The van der Waals surface area contributed by atoms with E-state index < -0.39 is 5.91 Å². The van der Waals surface area contributed by atoms with E-state index in [0.29, 0.717) is 13.2 Å². The molecule has 2 heterocycles. The van der Waals surface area contributed by atoms with E-state index in [1.54, 1.807) is 17.4 Å². The van der Waals surface area contributed by atoms with Crippen molar-refractivity contribution < 1.29 is 14.3 Å². The maximum Gasteiger partial charge on any atom is 0.241 e. The van der Waals surface area contributed by atoms with E-state index in [4.69, 9.17) is 15.2 Å². The number of rotatable bonds is 3. The molecule has 80 valence electrons. The Kier molecular flexibility index (Phi) is 3.15. The summed E-state index contributed by atoms with van der Waals surface area (Å²) < 4.78 is 10.7. The van der Waals surface area contributed by atoms with Gasteiger partial charge in [-0.3, -0.25) is 4.79 Å². The zero-order chi connectivity index (χ0) is 10.7. The van der Waals surface area contributed by atoms with Gasteiger partial charge in [0.15, 0.2) is 6.29 Å². The molecule has 0 radical (unpaired) electrons. The normalized spacial score (nSPS) is 17.6. The van der Waals surface area contributed by atoms with Crippen LogP contribution in [0.3, 0.4) is 0 Å². The van der Waals surface area contributed by atoms with Crippen molar-refractivity contribution in [2.24, 2.45) is 5.73 Å². The fraction of sp³-hybridized carbons (Fsp3) is 0.300. The van der Waals surface area contributed by atoms with Crippen LogP contribution in [0.2, 0.25) is 0 Å². The summed E-state index contributed by atoms with van der Waals surface area (Å²) >= 11 is 1.55. The minimum Gasteiger partial charge on any atom is -0.366 e. The van der Waals surface area contributed by atoms with Crippen LogP contribution in [0, 0.1) is 0 Å². The monoisotopic (exact) mass is 225 g/mol. The van der Waals surface area contributed by atoms with Crippen molar-refractivity contribution in [3.05, 3.63) is 28.0 Å². The molecule has 0 saturated carbocycles. The quantitative estimate of drug-likeness (QED) is 0.788. The van der Waals surface area contributed by atoms with Crippen LogP contribution in [0.1, 0.15) is 16.7 Å². The van der Waals surface area contributed by atoms with E-state index in [2.05, 4.69) is 0 Å². The molecule has 15 heavy (non-hydrogen) atoms. The SMILES string of the molecule is NC(=O)C=Cc1csc(C2OCCO2)c1. The Labute approximate surface area is 91.3 Å². The van der Waals surface area contributed by atoms with Gasteiger partial charge in [-0.2, -0.15) is 0 Å². The van der Waals surface area contributed by atoms with Gasteiger partial charge in [0, 0.05) is 6.08 Å². The minimum absolute atomic E-state index is 0.245. The summed E-state index contributed by atoms with van der Waals surface area (Å²) in [6.45, 7) is 1.27. The van der Waals surface area contributed by atoms with E-state index in [9.17, 15) is 4.79 Å². The maximum atomic E-state index is 10.5. The topological polar surface area (TPSA) is 61.6 Å². The predicted molar refractivity (Wildman–Crippen MR) is 57.2 cm³/mol. The first-order valence-corrected chi connectivity index (χ1v) is 5.43. The predicted octanol–water partition coefficient (Wildman–Crippen LogP) is 1.29. The highest BCUT2D eigenvalue weighted by Gasteiger charge is 2.19. The van der Waals surface area contributed by atoms with Gasteiger partial charge in [0.05, 0.1) is 18.1 Å². The molecule has 0 bridgehead atoms. The van der Waals surface area contributed by atoms with Gasteiger partial charge < -0.3 is 15.2 Å². The van der Waals surface area contributed by atoms with Gasteiger partial charge in [0.1, 0.15) is 0 Å². The van der Waals surface area contributed by atoms with Gasteiger partial charge in [-0.15, -0.1) is 11.3 Å². The summed E-state index contributed by atoms with van der Waals surface area (Å²) in [7, 11) is 0. The van der Waals surface area contributed by atoms with Crippen molar-refractivity contribution >= 4 is 23.3 Å². The van der Waals surface area contributed by atoms with Crippen LogP contribution in [0.4, 0.5) is 0 Å². The molecule has 1 fully saturated rings. The number of thiophene rings is 1. The third-order valence-electron chi connectivity index (χ3n) is 1.93. The summed E-state index contributed by atoms with van der Waals surface area (Å²) in [5.41, 5.74) is 5.94. The highest BCUT2D eigenvalue weighted by atomic mass is 32.1. The molecule has 1 aliphatic rings. The van der Waals surface area contributed by atoms with Crippen molar-refractivity contribution in [3.63, 3.8) is 0 Å². The molecule has 1 aliphatic heterocycles. The highest BCUT2D eigenvalue weighted by molar-refractivity contribution is 7.10. The lowest BCUT2D eigenvalue weighted by Gasteiger charge is -2.04. The molecule has 1 amide bonds. The maximum absolute atomic E-state index is 10.5. The fourth-order valence-electron chi connectivity index (χ4n) is 1.28.